The number of aromatic nitrogens is 2. The molecule has 5 heteroatoms. The average Bonchev–Trinajstić information content (AvgIpc) is 2.42. The summed E-state index contributed by atoms with van der Waals surface area (Å²) in [7, 11) is 1.50. The van der Waals surface area contributed by atoms with E-state index in [0.29, 0.717) is 16.7 Å². The van der Waals surface area contributed by atoms with E-state index in [1.54, 1.807) is 18.2 Å². The number of aryl methyl sites for hydroxylation is 1. The summed E-state index contributed by atoms with van der Waals surface area (Å²) in [6.07, 6.45) is 0.788. The molecule has 0 unspecified atom stereocenters. The van der Waals surface area contributed by atoms with Crippen molar-refractivity contribution in [2.45, 2.75) is 20.3 Å². The van der Waals surface area contributed by atoms with Crippen molar-refractivity contribution in [1.82, 2.24) is 9.97 Å². The number of phenols is 1. The molecule has 2 aromatic rings. The highest BCUT2D eigenvalue weighted by Crippen LogP contribution is 2.31. The summed E-state index contributed by atoms with van der Waals surface area (Å²) in [4.78, 5) is 8.77. The third kappa shape index (κ3) is 2.63. The smallest absolute Gasteiger partial charge is 0.161 e. The van der Waals surface area contributed by atoms with Crippen molar-refractivity contribution >= 4 is 11.6 Å². The zero-order valence-electron chi connectivity index (χ0n) is 11.1. The third-order valence-electron chi connectivity index (χ3n) is 2.96. The number of nitrogens with zero attached hydrogens (tertiary/aromatic N) is 2. The molecule has 2 rings (SSSR count). The molecule has 1 aromatic heterocycles. The van der Waals surface area contributed by atoms with Gasteiger partial charge in [0.25, 0.3) is 0 Å². The lowest BCUT2D eigenvalue weighted by atomic mass is 10.1. The molecule has 19 heavy (non-hydrogen) atoms. The van der Waals surface area contributed by atoms with E-state index in [1.807, 2.05) is 13.8 Å². The summed E-state index contributed by atoms with van der Waals surface area (Å²) in [5.41, 5.74) is 2.58. The average molecular weight is 279 g/mol. The highest BCUT2D eigenvalue weighted by Gasteiger charge is 2.11. The molecule has 1 N–H and O–H groups in total. The van der Waals surface area contributed by atoms with Crippen molar-refractivity contribution in [3.8, 4) is 22.9 Å². The Hall–Kier alpha value is -1.81. The summed E-state index contributed by atoms with van der Waals surface area (Å²) in [6.45, 7) is 3.93. The zero-order valence-corrected chi connectivity index (χ0v) is 11.8. The summed E-state index contributed by atoms with van der Waals surface area (Å²) in [5.74, 6) is 1.00. The van der Waals surface area contributed by atoms with Crippen LogP contribution in [0.2, 0.25) is 5.15 Å². The molecule has 0 amide bonds. The molecule has 0 spiro atoms. The van der Waals surface area contributed by atoms with Crippen LogP contribution in [-0.4, -0.2) is 22.2 Å². The van der Waals surface area contributed by atoms with Crippen molar-refractivity contribution in [2.75, 3.05) is 7.11 Å². The molecule has 0 radical (unpaired) electrons. The fraction of sp³-hybridized carbons (Fsp3) is 0.286. The van der Waals surface area contributed by atoms with Crippen molar-refractivity contribution < 1.29 is 9.84 Å². The van der Waals surface area contributed by atoms with Crippen LogP contribution in [0.15, 0.2) is 18.2 Å². The standard InChI is InChI=1S/C14H15ClN2O2/c1-4-10-8(2)13(15)17-14(16-10)9-5-6-11(18)12(7-9)19-3/h5-7,18H,4H2,1-3H3. The Kier molecular flexibility index (Phi) is 3.90. The van der Waals surface area contributed by atoms with Gasteiger partial charge in [-0.1, -0.05) is 18.5 Å². The van der Waals surface area contributed by atoms with Crippen LogP contribution in [0, 0.1) is 6.92 Å². The summed E-state index contributed by atoms with van der Waals surface area (Å²) in [5, 5.41) is 10.0. The molecule has 0 atom stereocenters. The molecule has 1 aromatic carbocycles. The first-order valence-corrected chi connectivity index (χ1v) is 6.35. The van der Waals surface area contributed by atoms with E-state index in [0.717, 1.165) is 23.2 Å². The van der Waals surface area contributed by atoms with Crippen molar-refractivity contribution in [3.63, 3.8) is 0 Å². The van der Waals surface area contributed by atoms with Crippen LogP contribution in [-0.2, 0) is 6.42 Å². The molecular formula is C14H15ClN2O2. The van der Waals surface area contributed by atoms with Crippen LogP contribution in [0.25, 0.3) is 11.4 Å². The normalized spacial score (nSPS) is 10.5. The maximum atomic E-state index is 9.59. The largest absolute Gasteiger partial charge is 0.504 e. The van der Waals surface area contributed by atoms with Gasteiger partial charge in [0.05, 0.1) is 7.11 Å². The van der Waals surface area contributed by atoms with E-state index in [-0.39, 0.29) is 5.75 Å². The first kappa shape index (κ1) is 13.6. The molecule has 0 saturated carbocycles. The van der Waals surface area contributed by atoms with Gasteiger partial charge in [-0.05, 0) is 31.5 Å². The molecule has 0 aliphatic heterocycles. The summed E-state index contributed by atoms with van der Waals surface area (Å²) < 4.78 is 5.08. The maximum Gasteiger partial charge on any atom is 0.161 e. The van der Waals surface area contributed by atoms with Crippen LogP contribution >= 0.6 is 11.6 Å². The first-order chi connectivity index (χ1) is 9.06. The molecule has 1 heterocycles. The van der Waals surface area contributed by atoms with Gasteiger partial charge in [-0.3, -0.25) is 0 Å². The Morgan fingerprint density at radius 3 is 2.68 bits per heavy atom. The second-order valence-corrected chi connectivity index (χ2v) is 4.51. The quantitative estimate of drug-likeness (QED) is 0.875. The number of methoxy groups -OCH3 is 1. The van der Waals surface area contributed by atoms with Crippen molar-refractivity contribution in [3.05, 3.63) is 34.6 Å². The number of aromatic hydroxyl groups is 1. The van der Waals surface area contributed by atoms with Gasteiger partial charge in [0.1, 0.15) is 5.15 Å². The van der Waals surface area contributed by atoms with Crippen LogP contribution in [0.1, 0.15) is 18.2 Å². The first-order valence-electron chi connectivity index (χ1n) is 5.97. The van der Waals surface area contributed by atoms with Gasteiger partial charge < -0.3 is 9.84 Å². The van der Waals surface area contributed by atoms with Gasteiger partial charge >= 0.3 is 0 Å². The fourth-order valence-electron chi connectivity index (χ4n) is 1.82. The number of benzene rings is 1. The van der Waals surface area contributed by atoms with Gasteiger partial charge in [0.2, 0.25) is 0 Å². The van der Waals surface area contributed by atoms with Gasteiger partial charge in [-0.2, -0.15) is 0 Å². The molecular weight excluding hydrogens is 264 g/mol. The minimum absolute atomic E-state index is 0.0835. The SMILES string of the molecule is CCc1nc(-c2ccc(O)c(OC)c2)nc(Cl)c1C. The molecule has 0 fully saturated rings. The topological polar surface area (TPSA) is 55.2 Å². The van der Waals surface area contributed by atoms with E-state index in [1.165, 1.54) is 7.11 Å². The van der Waals surface area contributed by atoms with E-state index in [9.17, 15) is 5.11 Å². The van der Waals surface area contributed by atoms with Crippen molar-refractivity contribution in [1.29, 1.82) is 0 Å². The maximum absolute atomic E-state index is 9.59. The third-order valence-corrected chi connectivity index (χ3v) is 3.33. The second kappa shape index (κ2) is 5.45. The number of phenolic OH excluding ortho intramolecular Hbond substituents is 1. The minimum Gasteiger partial charge on any atom is -0.504 e. The monoisotopic (exact) mass is 278 g/mol. The van der Waals surface area contributed by atoms with Crippen LogP contribution in [0.3, 0.4) is 0 Å². The lowest BCUT2D eigenvalue weighted by Gasteiger charge is -2.09. The zero-order chi connectivity index (χ0) is 14.0. The highest BCUT2D eigenvalue weighted by atomic mass is 35.5. The van der Waals surface area contributed by atoms with Crippen LogP contribution in [0.4, 0.5) is 0 Å². The molecule has 0 bridgehead atoms. The molecule has 4 nitrogen and oxygen atoms in total. The second-order valence-electron chi connectivity index (χ2n) is 4.15. The fourth-order valence-corrected chi connectivity index (χ4v) is 2.01. The number of hydrogen-bond acceptors (Lipinski definition) is 4. The van der Waals surface area contributed by atoms with Gasteiger partial charge in [-0.25, -0.2) is 9.97 Å². The Balaban J connectivity index is 2.55. The Bertz CT molecular complexity index is 615. The van der Waals surface area contributed by atoms with Crippen molar-refractivity contribution in [2.24, 2.45) is 0 Å². The van der Waals surface area contributed by atoms with Gasteiger partial charge in [-0.15, -0.1) is 0 Å². The number of rotatable bonds is 3. The van der Waals surface area contributed by atoms with E-state index < -0.39 is 0 Å². The Morgan fingerprint density at radius 1 is 1.32 bits per heavy atom. The Morgan fingerprint density at radius 2 is 2.05 bits per heavy atom. The molecule has 0 aliphatic carbocycles. The van der Waals surface area contributed by atoms with E-state index in [2.05, 4.69) is 9.97 Å². The highest BCUT2D eigenvalue weighted by molar-refractivity contribution is 6.30. The predicted molar refractivity (Wildman–Crippen MR) is 74.8 cm³/mol. The Labute approximate surface area is 117 Å². The number of hydrogen-bond donors (Lipinski definition) is 1. The number of halogens is 1. The predicted octanol–water partition coefficient (Wildman–Crippen LogP) is 3.38. The van der Waals surface area contributed by atoms with E-state index in [4.69, 9.17) is 16.3 Å². The lowest BCUT2D eigenvalue weighted by Crippen LogP contribution is -1.99. The summed E-state index contributed by atoms with van der Waals surface area (Å²) in [6, 6.07) is 4.98. The van der Waals surface area contributed by atoms with Gasteiger partial charge in [0.15, 0.2) is 17.3 Å². The lowest BCUT2D eigenvalue weighted by molar-refractivity contribution is 0.373. The number of ether oxygens (including phenoxy) is 1. The molecule has 100 valence electrons. The minimum atomic E-state index is 0.0835. The van der Waals surface area contributed by atoms with E-state index >= 15 is 0 Å². The summed E-state index contributed by atoms with van der Waals surface area (Å²) >= 11 is 6.12. The van der Waals surface area contributed by atoms with Crippen LogP contribution < -0.4 is 4.74 Å². The molecule has 0 saturated heterocycles. The molecule has 0 aliphatic rings. The van der Waals surface area contributed by atoms with Crippen LogP contribution in [0.5, 0.6) is 11.5 Å². The van der Waals surface area contributed by atoms with Gasteiger partial charge in [0, 0.05) is 16.8 Å².